The van der Waals surface area contributed by atoms with Crippen LogP contribution >= 0.6 is 0 Å². The SMILES string of the molecule is CC(C)Cc1ccccc1[O]. The molecule has 1 radical (unpaired) electrons. The van der Waals surface area contributed by atoms with Crippen molar-refractivity contribution in [3.8, 4) is 5.75 Å². The molecular formula is C10H13O. The monoisotopic (exact) mass is 149 g/mol. The van der Waals surface area contributed by atoms with Crippen LogP contribution in [0.1, 0.15) is 19.4 Å². The first-order valence-corrected chi connectivity index (χ1v) is 3.95. The summed E-state index contributed by atoms with van der Waals surface area (Å²) in [6.45, 7) is 4.24. The largest absolute Gasteiger partial charge is 0.290 e. The second kappa shape index (κ2) is 3.42. The molecule has 0 spiro atoms. The fourth-order valence-corrected chi connectivity index (χ4v) is 1.11. The lowest BCUT2D eigenvalue weighted by molar-refractivity contribution is 0.348. The lowest BCUT2D eigenvalue weighted by Crippen LogP contribution is -1.93. The Morgan fingerprint density at radius 2 is 1.91 bits per heavy atom. The van der Waals surface area contributed by atoms with Gasteiger partial charge in [0.25, 0.3) is 0 Å². The fraction of sp³-hybridized carbons (Fsp3) is 0.400. The molecule has 0 bridgehead atoms. The number of hydrogen-bond acceptors (Lipinski definition) is 0. The summed E-state index contributed by atoms with van der Waals surface area (Å²) >= 11 is 0. The van der Waals surface area contributed by atoms with Crippen molar-refractivity contribution in [3.05, 3.63) is 29.8 Å². The van der Waals surface area contributed by atoms with Crippen LogP contribution in [-0.4, -0.2) is 0 Å². The number of rotatable bonds is 2. The minimum atomic E-state index is 0.168. The first-order valence-electron chi connectivity index (χ1n) is 3.95. The highest BCUT2D eigenvalue weighted by molar-refractivity contribution is 5.31. The van der Waals surface area contributed by atoms with E-state index in [1.165, 1.54) is 0 Å². The standard InChI is InChI=1S/C10H13O/c1-8(2)7-9-5-3-4-6-10(9)11/h3-6,8H,7H2,1-2H3. The van der Waals surface area contributed by atoms with Gasteiger partial charge in [-0.3, -0.25) is 5.11 Å². The van der Waals surface area contributed by atoms with Crippen molar-refractivity contribution in [3.63, 3.8) is 0 Å². The Morgan fingerprint density at radius 3 is 2.45 bits per heavy atom. The molecular weight excluding hydrogens is 136 g/mol. The lowest BCUT2D eigenvalue weighted by Gasteiger charge is -2.04. The van der Waals surface area contributed by atoms with Gasteiger partial charge in [0.1, 0.15) is 0 Å². The van der Waals surface area contributed by atoms with Crippen LogP contribution in [0.5, 0.6) is 5.75 Å². The van der Waals surface area contributed by atoms with Crippen molar-refractivity contribution >= 4 is 0 Å². The average molecular weight is 149 g/mol. The van der Waals surface area contributed by atoms with Crippen LogP contribution in [0.3, 0.4) is 0 Å². The Balaban J connectivity index is 2.78. The Morgan fingerprint density at radius 1 is 1.27 bits per heavy atom. The minimum absolute atomic E-state index is 0.168. The molecule has 1 nitrogen and oxygen atoms in total. The van der Waals surface area contributed by atoms with Crippen LogP contribution in [-0.2, 0) is 11.5 Å². The van der Waals surface area contributed by atoms with Gasteiger partial charge in [-0.15, -0.1) is 0 Å². The highest BCUT2D eigenvalue weighted by atomic mass is 16.3. The van der Waals surface area contributed by atoms with Crippen molar-refractivity contribution in [2.45, 2.75) is 20.3 Å². The van der Waals surface area contributed by atoms with E-state index in [0.29, 0.717) is 5.92 Å². The highest BCUT2D eigenvalue weighted by Crippen LogP contribution is 2.19. The Bertz CT molecular complexity index is 228. The van der Waals surface area contributed by atoms with Gasteiger partial charge in [-0.05, 0) is 24.0 Å². The zero-order chi connectivity index (χ0) is 8.27. The number of hydrogen-bond donors (Lipinski definition) is 0. The molecule has 0 N–H and O–H groups in total. The van der Waals surface area contributed by atoms with Crippen molar-refractivity contribution in [1.29, 1.82) is 0 Å². The summed E-state index contributed by atoms with van der Waals surface area (Å²) < 4.78 is 0. The first kappa shape index (κ1) is 8.12. The summed E-state index contributed by atoms with van der Waals surface area (Å²) in [4.78, 5) is 0. The predicted octanol–water partition coefficient (Wildman–Crippen LogP) is 3.03. The van der Waals surface area contributed by atoms with E-state index in [1.54, 1.807) is 12.1 Å². The van der Waals surface area contributed by atoms with Gasteiger partial charge in [0, 0.05) is 0 Å². The summed E-state index contributed by atoms with van der Waals surface area (Å²) in [6.07, 6.45) is 0.889. The van der Waals surface area contributed by atoms with Gasteiger partial charge in [0.2, 0.25) is 0 Å². The third-order valence-electron chi connectivity index (χ3n) is 1.60. The van der Waals surface area contributed by atoms with Crippen molar-refractivity contribution in [1.82, 2.24) is 0 Å². The van der Waals surface area contributed by atoms with E-state index in [1.807, 2.05) is 12.1 Å². The van der Waals surface area contributed by atoms with Crippen LogP contribution in [0.15, 0.2) is 24.3 Å². The zero-order valence-corrected chi connectivity index (χ0v) is 7.00. The normalized spacial score (nSPS) is 10.5. The van der Waals surface area contributed by atoms with Gasteiger partial charge in [-0.25, -0.2) is 0 Å². The van der Waals surface area contributed by atoms with E-state index in [2.05, 4.69) is 13.8 Å². The van der Waals surface area contributed by atoms with Crippen molar-refractivity contribution in [2.75, 3.05) is 0 Å². The maximum absolute atomic E-state index is 11.2. The van der Waals surface area contributed by atoms with E-state index in [9.17, 15) is 5.11 Å². The van der Waals surface area contributed by atoms with E-state index < -0.39 is 0 Å². The zero-order valence-electron chi connectivity index (χ0n) is 7.00. The van der Waals surface area contributed by atoms with Gasteiger partial charge in [0.05, 0.1) is 0 Å². The van der Waals surface area contributed by atoms with Crippen molar-refractivity contribution in [2.24, 2.45) is 5.92 Å². The summed E-state index contributed by atoms with van der Waals surface area (Å²) in [5.74, 6) is 0.728. The van der Waals surface area contributed by atoms with Gasteiger partial charge in [-0.2, -0.15) is 0 Å². The molecule has 1 aromatic rings. The first-order chi connectivity index (χ1) is 5.20. The molecule has 0 aliphatic carbocycles. The summed E-state index contributed by atoms with van der Waals surface area (Å²) in [6, 6.07) is 7.23. The van der Waals surface area contributed by atoms with Gasteiger partial charge in [-0.1, -0.05) is 32.0 Å². The molecule has 0 saturated carbocycles. The Kier molecular flexibility index (Phi) is 2.53. The van der Waals surface area contributed by atoms with Gasteiger partial charge in [0.15, 0.2) is 5.75 Å². The third-order valence-corrected chi connectivity index (χ3v) is 1.60. The molecule has 0 amide bonds. The molecule has 0 saturated heterocycles. The minimum Gasteiger partial charge on any atom is -0.290 e. The maximum atomic E-state index is 11.2. The maximum Gasteiger partial charge on any atom is 0.181 e. The van der Waals surface area contributed by atoms with Gasteiger partial charge >= 0.3 is 0 Å². The molecule has 1 rings (SSSR count). The molecule has 11 heavy (non-hydrogen) atoms. The van der Waals surface area contributed by atoms with Crippen LogP contribution in [0, 0.1) is 5.92 Å². The number of benzene rings is 1. The average Bonchev–Trinajstić information content (AvgIpc) is 1.93. The van der Waals surface area contributed by atoms with Crippen LogP contribution in [0.25, 0.3) is 0 Å². The van der Waals surface area contributed by atoms with E-state index >= 15 is 0 Å². The van der Waals surface area contributed by atoms with Crippen LogP contribution in [0.2, 0.25) is 0 Å². The van der Waals surface area contributed by atoms with Crippen molar-refractivity contribution < 1.29 is 5.11 Å². The highest BCUT2D eigenvalue weighted by Gasteiger charge is 2.02. The molecule has 0 heterocycles. The predicted molar refractivity (Wildman–Crippen MR) is 45.1 cm³/mol. The second-order valence-corrected chi connectivity index (χ2v) is 3.21. The molecule has 0 aliphatic rings. The molecule has 0 aliphatic heterocycles. The molecule has 0 atom stereocenters. The molecule has 0 fully saturated rings. The fourth-order valence-electron chi connectivity index (χ4n) is 1.11. The lowest BCUT2D eigenvalue weighted by atomic mass is 10.0. The topological polar surface area (TPSA) is 19.9 Å². The van der Waals surface area contributed by atoms with Crippen LogP contribution < -0.4 is 0 Å². The van der Waals surface area contributed by atoms with Gasteiger partial charge < -0.3 is 0 Å². The smallest absolute Gasteiger partial charge is 0.181 e. The molecule has 1 aromatic carbocycles. The van der Waals surface area contributed by atoms with E-state index in [0.717, 1.165) is 12.0 Å². The number of para-hydroxylation sites is 1. The molecule has 59 valence electrons. The second-order valence-electron chi connectivity index (χ2n) is 3.21. The van der Waals surface area contributed by atoms with E-state index in [4.69, 9.17) is 0 Å². The Hall–Kier alpha value is -0.980. The van der Waals surface area contributed by atoms with E-state index in [-0.39, 0.29) is 5.75 Å². The Labute approximate surface area is 67.7 Å². The summed E-state index contributed by atoms with van der Waals surface area (Å²) in [5, 5.41) is 11.2. The molecule has 0 aromatic heterocycles. The summed E-state index contributed by atoms with van der Waals surface area (Å²) in [7, 11) is 0. The third kappa shape index (κ3) is 2.26. The quantitative estimate of drug-likeness (QED) is 0.616. The molecule has 1 heteroatoms. The summed E-state index contributed by atoms with van der Waals surface area (Å²) in [5.41, 5.74) is 0.933. The molecule has 0 unspecified atom stereocenters. The van der Waals surface area contributed by atoms with Crippen LogP contribution in [0.4, 0.5) is 0 Å².